The van der Waals surface area contributed by atoms with E-state index in [2.05, 4.69) is 20.6 Å². The summed E-state index contributed by atoms with van der Waals surface area (Å²) in [7, 11) is -3.94. The Labute approximate surface area is 217 Å². The summed E-state index contributed by atoms with van der Waals surface area (Å²) < 4.78 is 30.3. The van der Waals surface area contributed by atoms with Crippen LogP contribution in [0.15, 0.2) is 68.8 Å². The van der Waals surface area contributed by atoms with Gasteiger partial charge in [0.2, 0.25) is 0 Å². The van der Waals surface area contributed by atoms with E-state index in [4.69, 9.17) is 0 Å². The van der Waals surface area contributed by atoms with Gasteiger partial charge >= 0.3 is 0 Å². The third-order valence-electron chi connectivity index (χ3n) is 7.04. The summed E-state index contributed by atoms with van der Waals surface area (Å²) in [5, 5.41) is 3.58. The number of benzene rings is 2. The van der Waals surface area contributed by atoms with E-state index < -0.39 is 10.0 Å². The first kappa shape index (κ1) is 25.4. The van der Waals surface area contributed by atoms with E-state index in [1.807, 2.05) is 6.92 Å². The molecule has 0 radical (unpaired) electrons. The molecular weight excluding hydrogens is 492 g/mol. The van der Waals surface area contributed by atoms with Crippen LogP contribution in [0.4, 0.5) is 0 Å². The standard InChI is InChI=1S/C27H32N4O3S2/c1-18-13-15-20(16-14-18)36(33,34)31-23-17-24(25(32)22-12-8-7-11-21(22)23)35-27-28-26(29-30-27)19-9-5-3-2-4-6-10-19/h7-8,11-17,19,26-30H,2-6,9-10H2,1H3. The van der Waals surface area contributed by atoms with Gasteiger partial charge in [-0.15, -0.1) is 0 Å². The van der Waals surface area contributed by atoms with Gasteiger partial charge in [0.1, 0.15) is 5.50 Å². The fourth-order valence-corrected chi connectivity index (χ4v) is 7.03. The summed E-state index contributed by atoms with van der Waals surface area (Å²) in [5.41, 5.74) is 8.67. The van der Waals surface area contributed by atoms with E-state index in [1.54, 1.807) is 54.6 Å². The van der Waals surface area contributed by atoms with Crippen molar-refractivity contribution in [2.24, 2.45) is 10.3 Å². The molecule has 2 fully saturated rings. The summed E-state index contributed by atoms with van der Waals surface area (Å²) in [4.78, 5) is 13.9. The number of rotatable bonds is 5. The Balaban J connectivity index is 1.38. The number of allylic oxidation sites excluding steroid dienone is 2. The number of carbonyl (C=O) groups is 1. The summed E-state index contributed by atoms with van der Waals surface area (Å²) in [6.45, 7) is 1.90. The summed E-state index contributed by atoms with van der Waals surface area (Å²) in [6.07, 6.45) is 10.5. The van der Waals surface area contributed by atoms with Crippen LogP contribution >= 0.6 is 11.8 Å². The third-order valence-corrected chi connectivity index (χ3v) is 9.40. The molecule has 2 aromatic rings. The molecule has 0 amide bonds. The highest BCUT2D eigenvalue weighted by Gasteiger charge is 2.33. The summed E-state index contributed by atoms with van der Waals surface area (Å²) in [5.74, 6) is 0.414. The number of hydrogen-bond acceptors (Lipinski definition) is 7. The maximum Gasteiger partial charge on any atom is 0.282 e. The molecule has 1 aliphatic heterocycles. The van der Waals surface area contributed by atoms with Crippen molar-refractivity contribution in [3.63, 3.8) is 0 Å². The van der Waals surface area contributed by atoms with Crippen LogP contribution in [0.1, 0.15) is 66.4 Å². The molecule has 9 heteroatoms. The third kappa shape index (κ3) is 5.65. The highest BCUT2D eigenvalue weighted by atomic mass is 32.2. The molecule has 2 unspecified atom stereocenters. The predicted molar refractivity (Wildman–Crippen MR) is 144 cm³/mol. The highest BCUT2D eigenvalue weighted by Crippen LogP contribution is 2.33. The SMILES string of the molecule is Cc1ccc(S(=O)(=O)N=C2C=C(SC3NNC(C4CCCCCCC4)N3)C(=O)c3ccccc32)cc1. The number of Topliss-reactive ketones (excluding diaryl/α,β-unsaturated/α-hetero) is 1. The Hall–Kier alpha value is -2.30. The number of nitrogens with zero attached hydrogens (tertiary/aromatic N) is 1. The van der Waals surface area contributed by atoms with Crippen molar-refractivity contribution in [3.05, 3.63) is 76.2 Å². The maximum atomic E-state index is 13.3. The van der Waals surface area contributed by atoms with Crippen molar-refractivity contribution in [3.8, 4) is 0 Å². The molecule has 36 heavy (non-hydrogen) atoms. The van der Waals surface area contributed by atoms with Crippen LogP contribution in [0, 0.1) is 12.8 Å². The Morgan fingerprint density at radius 3 is 2.28 bits per heavy atom. The number of nitrogens with one attached hydrogen (secondary N) is 3. The van der Waals surface area contributed by atoms with Crippen molar-refractivity contribution >= 4 is 33.3 Å². The minimum Gasteiger partial charge on any atom is -0.288 e. The Morgan fingerprint density at radius 2 is 1.56 bits per heavy atom. The van der Waals surface area contributed by atoms with E-state index in [-0.39, 0.29) is 28.1 Å². The van der Waals surface area contributed by atoms with Gasteiger partial charge in [-0.1, -0.05) is 85.8 Å². The van der Waals surface area contributed by atoms with Gasteiger partial charge in [0.15, 0.2) is 5.78 Å². The van der Waals surface area contributed by atoms with Crippen LogP contribution in [-0.2, 0) is 10.0 Å². The van der Waals surface area contributed by atoms with Crippen molar-refractivity contribution in [2.45, 2.75) is 68.4 Å². The van der Waals surface area contributed by atoms with Crippen LogP contribution in [-0.4, -0.2) is 31.6 Å². The van der Waals surface area contributed by atoms with Crippen molar-refractivity contribution in [2.75, 3.05) is 0 Å². The van der Waals surface area contributed by atoms with E-state index >= 15 is 0 Å². The van der Waals surface area contributed by atoms with E-state index in [0.29, 0.717) is 21.9 Å². The largest absolute Gasteiger partial charge is 0.288 e. The molecule has 0 aromatic heterocycles. The number of ketones is 1. The molecular formula is C27H32N4O3S2. The van der Waals surface area contributed by atoms with E-state index in [1.165, 1.54) is 56.7 Å². The normalized spacial score (nSPS) is 24.8. The van der Waals surface area contributed by atoms with Gasteiger partial charge in [-0.2, -0.15) is 12.8 Å². The van der Waals surface area contributed by atoms with Gasteiger partial charge in [-0.05, 0) is 43.9 Å². The summed E-state index contributed by atoms with van der Waals surface area (Å²) in [6, 6.07) is 13.7. The van der Waals surface area contributed by atoms with E-state index in [0.717, 1.165) is 5.56 Å². The molecule has 0 spiro atoms. The molecule has 1 saturated carbocycles. The Bertz CT molecular complexity index is 1280. The first-order valence-corrected chi connectivity index (χ1v) is 14.9. The lowest BCUT2D eigenvalue weighted by atomic mass is 9.89. The molecule has 7 nitrogen and oxygen atoms in total. The number of thioether (sulfide) groups is 1. The minimum absolute atomic E-state index is 0.125. The molecule has 1 saturated heterocycles. The van der Waals surface area contributed by atoms with Crippen LogP contribution < -0.4 is 16.2 Å². The molecule has 3 aliphatic rings. The average molecular weight is 525 g/mol. The van der Waals surface area contributed by atoms with E-state index in [9.17, 15) is 13.2 Å². The highest BCUT2D eigenvalue weighted by molar-refractivity contribution is 8.04. The zero-order valence-electron chi connectivity index (χ0n) is 20.4. The Morgan fingerprint density at radius 1 is 0.889 bits per heavy atom. The number of hydrogen-bond donors (Lipinski definition) is 3. The first-order valence-electron chi connectivity index (χ1n) is 12.6. The van der Waals surface area contributed by atoms with Crippen molar-refractivity contribution < 1.29 is 13.2 Å². The van der Waals surface area contributed by atoms with Crippen LogP contribution in [0.2, 0.25) is 0 Å². The van der Waals surface area contributed by atoms with Gasteiger partial charge in [-0.3, -0.25) is 10.1 Å². The lowest BCUT2D eigenvalue weighted by Gasteiger charge is -2.25. The van der Waals surface area contributed by atoms with Gasteiger partial charge in [0.05, 0.1) is 21.7 Å². The molecule has 1 heterocycles. The van der Waals surface area contributed by atoms with Crippen LogP contribution in [0.25, 0.3) is 0 Å². The van der Waals surface area contributed by atoms with Crippen molar-refractivity contribution in [1.82, 2.24) is 16.2 Å². The maximum absolute atomic E-state index is 13.3. The molecule has 2 aromatic carbocycles. The lowest BCUT2D eigenvalue weighted by molar-refractivity contribution is 0.104. The lowest BCUT2D eigenvalue weighted by Crippen LogP contribution is -2.41. The van der Waals surface area contributed by atoms with Gasteiger partial charge in [0, 0.05) is 11.1 Å². The second-order valence-electron chi connectivity index (χ2n) is 9.68. The number of hydrazine groups is 1. The van der Waals surface area contributed by atoms with Gasteiger partial charge in [-0.25, -0.2) is 10.9 Å². The van der Waals surface area contributed by atoms with Crippen LogP contribution in [0.5, 0.6) is 0 Å². The molecule has 2 aliphatic carbocycles. The van der Waals surface area contributed by atoms with Crippen molar-refractivity contribution in [1.29, 1.82) is 0 Å². The molecule has 0 bridgehead atoms. The molecule has 190 valence electrons. The quantitative estimate of drug-likeness (QED) is 0.523. The second-order valence-corrected chi connectivity index (χ2v) is 12.4. The fourth-order valence-electron chi connectivity index (χ4n) is 5.04. The Kier molecular flexibility index (Phi) is 7.73. The monoisotopic (exact) mass is 524 g/mol. The molecule has 5 rings (SSSR count). The first-order chi connectivity index (χ1) is 17.4. The number of carbonyl (C=O) groups excluding carboxylic acids is 1. The molecule has 2 atom stereocenters. The zero-order valence-corrected chi connectivity index (χ0v) is 22.0. The molecule has 3 N–H and O–H groups in total. The minimum atomic E-state index is -3.94. The number of sulfonamides is 1. The zero-order chi connectivity index (χ0) is 25.1. The smallest absolute Gasteiger partial charge is 0.282 e. The average Bonchev–Trinajstić information content (AvgIpc) is 3.30. The summed E-state index contributed by atoms with van der Waals surface area (Å²) >= 11 is 1.36. The second kappa shape index (κ2) is 11.0. The predicted octanol–water partition coefficient (Wildman–Crippen LogP) is 4.65. The number of aryl methyl sites for hydroxylation is 1. The topological polar surface area (TPSA) is 99.7 Å². The van der Waals surface area contributed by atoms with Gasteiger partial charge in [0.25, 0.3) is 10.0 Å². The fraction of sp³-hybridized carbons (Fsp3) is 0.407. The van der Waals surface area contributed by atoms with Crippen LogP contribution in [0.3, 0.4) is 0 Å². The number of fused-ring (bicyclic) bond motifs is 1. The van der Waals surface area contributed by atoms with Gasteiger partial charge < -0.3 is 0 Å².